The lowest BCUT2D eigenvalue weighted by atomic mass is 10.5. The van der Waals surface area contributed by atoms with E-state index in [0.29, 0.717) is 6.54 Å². The van der Waals surface area contributed by atoms with E-state index in [2.05, 4.69) is 10.3 Å². The molecule has 0 radical (unpaired) electrons. The van der Waals surface area contributed by atoms with Gasteiger partial charge in [0.1, 0.15) is 6.54 Å². The molecule has 1 aromatic rings. The Morgan fingerprint density at radius 1 is 1.71 bits per heavy atom. The van der Waals surface area contributed by atoms with Gasteiger partial charge in [-0.2, -0.15) is 0 Å². The SMILES string of the molecule is CCn1ccnc(NCC(=O)O)c1=O. The Hall–Kier alpha value is -1.85. The number of hydrogen-bond donors (Lipinski definition) is 2. The van der Waals surface area contributed by atoms with E-state index in [9.17, 15) is 9.59 Å². The summed E-state index contributed by atoms with van der Waals surface area (Å²) in [6, 6.07) is 0. The molecular formula is C8H11N3O3. The van der Waals surface area contributed by atoms with Gasteiger partial charge in [-0.25, -0.2) is 4.98 Å². The normalized spacial score (nSPS) is 9.79. The quantitative estimate of drug-likeness (QED) is 0.695. The third-order valence-corrected chi connectivity index (χ3v) is 1.66. The zero-order valence-electron chi connectivity index (χ0n) is 7.73. The molecule has 0 unspecified atom stereocenters. The van der Waals surface area contributed by atoms with E-state index in [1.807, 2.05) is 6.92 Å². The largest absolute Gasteiger partial charge is 0.480 e. The lowest BCUT2D eigenvalue weighted by Gasteiger charge is -2.04. The molecule has 0 bridgehead atoms. The maximum atomic E-state index is 11.5. The molecule has 0 atom stereocenters. The third-order valence-electron chi connectivity index (χ3n) is 1.66. The van der Waals surface area contributed by atoms with Crippen molar-refractivity contribution < 1.29 is 9.90 Å². The van der Waals surface area contributed by atoms with Gasteiger partial charge in [0, 0.05) is 18.9 Å². The Kier molecular flexibility index (Phi) is 3.22. The van der Waals surface area contributed by atoms with E-state index >= 15 is 0 Å². The number of nitrogens with zero attached hydrogens (tertiary/aromatic N) is 2. The molecule has 2 N–H and O–H groups in total. The monoisotopic (exact) mass is 197 g/mol. The number of aromatic nitrogens is 2. The van der Waals surface area contributed by atoms with Crippen LogP contribution in [0.5, 0.6) is 0 Å². The number of carboxylic acid groups (broad SMARTS) is 1. The molecule has 0 spiro atoms. The molecule has 0 aliphatic rings. The highest BCUT2D eigenvalue weighted by Gasteiger charge is 2.04. The average Bonchev–Trinajstić information content (AvgIpc) is 2.16. The van der Waals surface area contributed by atoms with E-state index in [1.54, 1.807) is 6.20 Å². The zero-order valence-corrected chi connectivity index (χ0v) is 7.73. The zero-order chi connectivity index (χ0) is 10.6. The van der Waals surface area contributed by atoms with Gasteiger partial charge in [0.2, 0.25) is 0 Å². The number of aliphatic carboxylic acids is 1. The molecule has 0 aliphatic carbocycles. The molecule has 0 fully saturated rings. The molecule has 76 valence electrons. The van der Waals surface area contributed by atoms with E-state index in [4.69, 9.17) is 5.11 Å². The molecule has 0 aliphatic heterocycles. The van der Waals surface area contributed by atoms with Gasteiger partial charge >= 0.3 is 5.97 Å². The molecule has 6 nitrogen and oxygen atoms in total. The molecular weight excluding hydrogens is 186 g/mol. The topological polar surface area (TPSA) is 84.2 Å². The van der Waals surface area contributed by atoms with Crippen LogP contribution < -0.4 is 10.9 Å². The fraction of sp³-hybridized carbons (Fsp3) is 0.375. The predicted molar refractivity (Wildman–Crippen MR) is 50.3 cm³/mol. The molecule has 14 heavy (non-hydrogen) atoms. The number of hydrogen-bond acceptors (Lipinski definition) is 4. The summed E-state index contributed by atoms with van der Waals surface area (Å²) in [5.41, 5.74) is -0.309. The molecule has 0 saturated heterocycles. The highest BCUT2D eigenvalue weighted by Crippen LogP contribution is 1.91. The van der Waals surface area contributed by atoms with Gasteiger partial charge in [0.15, 0.2) is 5.82 Å². The van der Waals surface area contributed by atoms with E-state index in [-0.39, 0.29) is 17.9 Å². The van der Waals surface area contributed by atoms with Crippen LogP contribution in [0.4, 0.5) is 5.82 Å². The molecule has 1 rings (SSSR count). The van der Waals surface area contributed by atoms with E-state index < -0.39 is 5.97 Å². The standard InChI is InChI=1S/C8H11N3O3/c1-2-11-4-3-9-7(8(11)14)10-5-6(12)13/h3-4H,2,5H2,1H3,(H,9,10)(H,12,13). The van der Waals surface area contributed by atoms with Crippen molar-refractivity contribution >= 4 is 11.8 Å². The minimum Gasteiger partial charge on any atom is -0.480 e. The highest BCUT2D eigenvalue weighted by atomic mass is 16.4. The number of anilines is 1. The van der Waals surface area contributed by atoms with Crippen LogP contribution in [-0.4, -0.2) is 27.2 Å². The molecule has 0 saturated carbocycles. The van der Waals surface area contributed by atoms with Gasteiger partial charge in [-0.15, -0.1) is 0 Å². The van der Waals surface area contributed by atoms with Gasteiger partial charge in [0.25, 0.3) is 5.56 Å². The molecule has 1 aromatic heterocycles. The van der Waals surface area contributed by atoms with E-state index in [1.165, 1.54) is 10.8 Å². The summed E-state index contributed by atoms with van der Waals surface area (Å²) in [4.78, 5) is 25.4. The van der Waals surface area contributed by atoms with Crippen molar-refractivity contribution in [3.63, 3.8) is 0 Å². The van der Waals surface area contributed by atoms with Crippen molar-refractivity contribution in [3.8, 4) is 0 Å². The van der Waals surface area contributed by atoms with E-state index in [0.717, 1.165) is 0 Å². The predicted octanol–water partition coefficient (Wildman–Crippen LogP) is -0.240. The summed E-state index contributed by atoms with van der Waals surface area (Å²) in [7, 11) is 0. The number of rotatable bonds is 4. The van der Waals surface area contributed by atoms with Gasteiger partial charge in [-0.3, -0.25) is 9.59 Å². The van der Waals surface area contributed by atoms with Crippen molar-refractivity contribution in [1.82, 2.24) is 9.55 Å². The van der Waals surface area contributed by atoms with Crippen LogP contribution in [0.15, 0.2) is 17.2 Å². The van der Waals surface area contributed by atoms with Gasteiger partial charge < -0.3 is 15.0 Å². The lowest BCUT2D eigenvalue weighted by Crippen LogP contribution is -2.25. The maximum absolute atomic E-state index is 11.5. The van der Waals surface area contributed by atoms with Crippen molar-refractivity contribution in [1.29, 1.82) is 0 Å². The summed E-state index contributed by atoms with van der Waals surface area (Å²) in [5.74, 6) is -0.963. The minimum atomic E-state index is -1.03. The average molecular weight is 197 g/mol. The maximum Gasteiger partial charge on any atom is 0.322 e. The smallest absolute Gasteiger partial charge is 0.322 e. The van der Waals surface area contributed by atoms with Gasteiger partial charge in [0.05, 0.1) is 0 Å². The second kappa shape index (κ2) is 4.40. The van der Waals surface area contributed by atoms with Crippen molar-refractivity contribution in [3.05, 3.63) is 22.7 Å². The third kappa shape index (κ3) is 2.32. The van der Waals surface area contributed by atoms with Crippen LogP contribution in [0.3, 0.4) is 0 Å². The summed E-state index contributed by atoms with van der Waals surface area (Å²) in [5, 5.41) is 10.8. The highest BCUT2D eigenvalue weighted by molar-refractivity contribution is 5.72. The molecule has 0 aromatic carbocycles. The Morgan fingerprint density at radius 3 is 3.00 bits per heavy atom. The van der Waals surface area contributed by atoms with Crippen LogP contribution in [0.1, 0.15) is 6.92 Å². The second-order valence-electron chi connectivity index (χ2n) is 2.61. The number of nitrogens with one attached hydrogen (secondary N) is 1. The Labute approximate surface area is 80.2 Å². The summed E-state index contributed by atoms with van der Waals surface area (Å²) < 4.78 is 1.44. The Morgan fingerprint density at radius 2 is 2.43 bits per heavy atom. The van der Waals surface area contributed by atoms with Crippen LogP contribution in [0.2, 0.25) is 0 Å². The summed E-state index contributed by atoms with van der Waals surface area (Å²) in [6.07, 6.45) is 3.00. The molecule has 6 heteroatoms. The van der Waals surface area contributed by atoms with Crippen molar-refractivity contribution in [2.45, 2.75) is 13.5 Å². The summed E-state index contributed by atoms with van der Waals surface area (Å²) >= 11 is 0. The fourth-order valence-corrected chi connectivity index (χ4v) is 0.977. The fourth-order valence-electron chi connectivity index (χ4n) is 0.977. The first-order chi connectivity index (χ1) is 6.65. The Balaban J connectivity index is 2.87. The molecule has 0 amide bonds. The second-order valence-corrected chi connectivity index (χ2v) is 2.61. The van der Waals surface area contributed by atoms with Crippen LogP contribution in [-0.2, 0) is 11.3 Å². The number of carboxylic acids is 1. The molecule has 1 heterocycles. The van der Waals surface area contributed by atoms with Gasteiger partial charge in [-0.05, 0) is 6.92 Å². The van der Waals surface area contributed by atoms with Crippen molar-refractivity contribution in [2.75, 3.05) is 11.9 Å². The first-order valence-electron chi connectivity index (χ1n) is 4.16. The first-order valence-corrected chi connectivity index (χ1v) is 4.16. The Bertz CT molecular complexity index is 386. The van der Waals surface area contributed by atoms with Crippen LogP contribution >= 0.6 is 0 Å². The lowest BCUT2D eigenvalue weighted by molar-refractivity contribution is -0.134. The van der Waals surface area contributed by atoms with Crippen molar-refractivity contribution in [2.24, 2.45) is 0 Å². The first kappa shape index (κ1) is 10.2. The number of carbonyl (C=O) groups is 1. The number of aryl methyl sites for hydroxylation is 1. The minimum absolute atomic E-state index is 0.0664. The van der Waals surface area contributed by atoms with Crippen LogP contribution in [0, 0.1) is 0 Å². The van der Waals surface area contributed by atoms with Gasteiger partial charge in [-0.1, -0.05) is 0 Å². The summed E-state index contributed by atoms with van der Waals surface area (Å²) in [6.45, 7) is 2.04. The van der Waals surface area contributed by atoms with Crippen LogP contribution in [0.25, 0.3) is 0 Å².